The third-order valence-electron chi connectivity index (χ3n) is 4.83. The summed E-state index contributed by atoms with van der Waals surface area (Å²) in [5, 5.41) is 17.4. The zero-order chi connectivity index (χ0) is 20.2. The molecule has 29 heavy (non-hydrogen) atoms. The summed E-state index contributed by atoms with van der Waals surface area (Å²) >= 11 is 0. The quantitative estimate of drug-likeness (QED) is 0.681. The summed E-state index contributed by atoms with van der Waals surface area (Å²) in [4.78, 5) is 20.7. The van der Waals surface area contributed by atoms with Crippen molar-refractivity contribution in [3.05, 3.63) is 65.6 Å². The van der Waals surface area contributed by atoms with Crippen molar-refractivity contribution in [2.24, 2.45) is 0 Å². The minimum atomic E-state index is -0.175. The lowest BCUT2D eigenvalue weighted by molar-refractivity contribution is 0.0527. The molecule has 1 atom stereocenters. The van der Waals surface area contributed by atoms with Crippen LogP contribution in [-0.4, -0.2) is 50.0 Å². The van der Waals surface area contributed by atoms with E-state index in [0.717, 1.165) is 18.4 Å². The molecule has 0 spiro atoms. The number of ether oxygens (including phenoxy) is 1. The molecule has 1 amide bonds. The lowest BCUT2D eigenvalue weighted by Crippen LogP contribution is -2.44. The van der Waals surface area contributed by atoms with Crippen LogP contribution in [0.4, 0.5) is 0 Å². The molecule has 1 fully saturated rings. The molecule has 0 radical (unpaired) electrons. The topological polar surface area (TPSA) is 96.9 Å². The van der Waals surface area contributed by atoms with Crippen molar-refractivity contribution >= 4 is 5.91 Å². The number of amides is 1. The molecule has 146 valence electrons. The number of likely N-dealkylation sites (tertiary alicyclic amines) is 1. The highest BCUT2D eigenvalue weighted by atomic mass is 16.5. The van der Waals surface area contributed by atoms with E-state index >= 15 is 0 Å². The third-order valence-corrected chi connectivity index (χ3v) is 4.83. The largest absolute Gasteiger partial charge is 0.472 e. The SMILES string of the molecule is Cc1ccc(C(=O)N2CCCC(Oc3cc(C#N)ccn3)C2)c(-n2nccn2)c1. The summed E-state index contributed by atoms with van der Waals surface area (Å²) in [5.74, 6) is 0.324. The fourth-order valence-electron chi connectivity index (χ4n) is 3.43. The van der Waals surface area contributed by atoms with E-state index in [1.807, 2.05) is 25.1 Å². The van der Waals surface area contributed by atoms with E-state index in [4.69, 9.17) is 10.00 Å². The average molecular weight is 388 g/mol. The van der Waals surface area contributed by atoms with Gasteiger partial charge in [0.25, 0.3) is 5.91 Å². The van der Waals surface area contributed by atoms with Crippen molar-refractivity contribution in [3.63, 3.8) is 0 Å². The molecular formula is C21H20N6O2. The van der Waals surface area contributed by atoms with Gasteiger partial charge in [0.2, 0.25) is 5.88 Å². The van der Waals surface area contributed by atoms with Gasteiger partial charge >= 0.3 is 0 Å². The third kappa shape index (κ3) is 4.09. The second kappa shape index (κ2) is 8.10. The number of aromatic nitrogens is 4. The van der Waals surface area contributed by atoms with Crippen molar-refractivity contribution < 1.29 is 9.53 Å². The van der Waals surface area contributed by atoms with Gasteiger partial charge in [-0.3, -0.25) is 4.79 Å². The van der Waals surface area contributed by atoms with Crippen LogP contribution in [0.25, 0.3) is 5.69 Å². The number of nitriles is 1. The molecule has 0 bridgehead atoms. The highest BCUT2D eigenvalue weighted by molar-refractivity contribution is 5.98. The Hall–Kier alpha value is -3.73. The van der Waals surface area contributed by atoms with Crippen LogP contribution in [0.2, 0.25) is 0 Å². The Kier molecular flexibility index (Phi) is 5.20. The number of rotatable bonds is 4. The number of hydrogen-bond donors (Lipinski definition) is 0. The van der Waals surface area contributed by atoms with Crippen LogP contribution in [0.1, 0.15) is 34.3 Å². The van der Waals surface area contributed by atoms with E-state index < -0.39 is 0 Å². The number of nitrogens with zero attached hydrogens (tertiary/aromatic N) is 6. The van der Waals surface area contributed by atoms with Crippen molar-refractivity contribution in [2.45, 2.75) is 25.9 Å². The van der Waals surface area contributed by atoms with Crippen LogP contribution in [0.5, 0.6) is 5.88 Å². The van der Waals surface area contributed by atoms with Crippen LogP contribution >= 0.6 is 0 Å². The van der Waals surface area contributed by atoms with Crippen LogP contribution in [0.3, 0.4) is 0 Å². The van der Waals surface area contributed by atoms with Gasteiger partial charge in [-0.2, -0.15) is 20.3 Å². The maximum absolute atomic E-state index is 13.3. The first kappa shape index (κ1) is 18.6. The molecule has 4 rings (SSSR count). The molecule has 1 saturated heterocycles. The number of pyridine rings is 1. The van der Waals surface area contributed by atoms with Crippen molar-refractivity contribution in [1.82, 2.24) is 24.9 Å². The van der Waals surface area contributed by atoms with Gasteiger partial charge in [-0.1, -0.05) is 6.07 Å². The second-order valence-corrected chi connectivity index (χ2v) is 6.97. The second-order valence-electron chi connectivity index (χ2n) is 6.97. The first-order chi connectivity index (χ1) is 14.1. The fraction of sp³-hybridized carbons (Fsp3) is 0.286. The Labute approximate surface area is 168 Å². The van der Waals surface area contributed by atoms with E-state index in [1.54, 1.807) is 35.6 Å². The smallest absolute Gasteiger partial charge is 0.256 e. The van der Waals surface area contributed by atoms with Gasteiger partial charge in [-0.05, 0) is 43.5 Å². The predicted molar refractivity (Wildman–Crippen MR) is 105 cm³/mol. The lowest BCUT2D eigenvalue weighted by Gasteiger charge is -2.33. The fourth-order valence-corrected chi connectivity index (χ4v) is 3.43. The van der Waals surface area contributed by atoms with Crippen molar-refractivity contribution in [1.29, 1.82) is 5.26 Å². The summed E-state index contributed by atoms with van der Waals surface area (Å²) < 4.78 is 5.95. The predicted octanol–water partition coefficient (Wildman–Crippen LogP) is 2.53. The zero-order valence-corrected chi connectivity index (χ0v) is 16.0. The summed E-state index contributed by atoms with van der Waals surface area (Å²) in [6.45, 7) is 3.08. The number of carbonyl (C=O) groups excluding carboxylic acids is 1. The van der Waals surface area contributed by atoms with Gasteiger partial charge in [0.15, 0.2) is 0 Å². The van der Waals surface area contributed by atoms with Gasteiger partial charge in [0.1, 0.15) is 6.10 Å². The molecule has 8 nitrogen and oxygen atoms in total. The molecular weight excluding hydrogens is 368 g/mol. The number of hydrogen-bond acceptors (Lipinski definition) is 6. The minimum Gasteiger partial charge on any atom is -0.472 e. The van der Waals surface area contributed by atoms with Crippen LogP contribution in [0.15, 0.2) is 48.9 Å². The highest BCUT2D eigenvalue weighted by Gasteiger charge is 2.28. The van der Waals surface area contributed by atoms with Gasteiger partial charge in [0, 0.05) is 18.8 Å². The standard InChI is InChI=1S/C21H20N6O2/c1-15-4-5-18(19(11-15)27-24-8-9-25-27)21(28)26-10-2-3-17(14-26)29-20-12-16(13-22)6-7-23-20/h4-9,11-12,17H,2-3,10,14H2,1H3. The average Bonchev–Trinajstić information content (AvgIpc) is 3.28. The van der Waals surface area contributed by atoms with Crippen LogP contribution in [0, 0.1) is 18.3 Å². The zero-order valence-electron chi connectivity index (χ0n) is 16.0. The van der Waals surface area contributed by atoms with Crippen LogP contribution < -0.4 is 4.74 Å². The van der Waals surface area contributed by atoms with E-state index in [9.17, 15) is 4.79 Å². The Morgan fingerprint density at radius 1 is 1.21 bits per heavy atom. The summed E-state index contributed by atoms with van der Waals surface area (Å²) in [7, 11) is 0. The Morgan fingerprint density at radius 2 is 2.03 bits per heavy atom. The number of piperidine rings is 1. The summed E-state index contributed by atoms with van der Waals surface area (Å²) in [6, 6.07) is 11.0. The molecule has 1 aromatic carbocycles. The normalized spacial score (nSPS) is 16.3. The molecule has 1 aliphatic rings. The molecule has 8 heteroatoms. The van der Waals surface area contributed by atoms with E-state index in [2.05, 4.69) is 21.3 Å². The molecule has 1 unspecified atom stereocenters. The Morgan fingerprint density at radius 3 is 2.83 bits per heavy atom. The molecule has 0 N–H and O–H groups in total. The van der Waals surface area contributed by atoms with Gasteiger partial charge < -0.3 is 9.64 Å². The molecule has 0 saturated carbocycles. The Balaban J connectivity index is 1.53. The maximum Gasteiger partial charge on any atom is 0.256 e. The first-order valence-electron chi connectivity index (χ1n) is 9.43. The molecule has 3 heterocycles. The van der Waals surface area contributed by atoms with E-state index in [-0.39, 0.29) is 12.0 Å². The van der Waals surface area contributed by atoms with Gasteiger partial charge in [-0.25, -0.2) is 4.98 Å². The number of benzene rings is 1. The summed E-state index contributed by atoms with van der Waals surface area (Å²) in [5.41, 5.74) is 2.73. The number of carbonyl (C=O) groups is 1. The monoisotopic (exact) mass is 388 g/mol. The molecule has 2 aromatic heterocycles. The van der Waals surface area contributed by atoms with Crippen molar-refractivity contribution in [3.8, 4) is 17.6 Å². The van der Waals surface area contributed by atoms with Crippen molar-refractivity contribution in [2.75, 3.05) is 13.1 Å². The van der Waals surface area contributed by atoms with Gasteiger partial charge in [-0.15, -0.1) is 0 Å². The van der Waals surface area contributed by atoms with Crippen LogP contribution in [-0.2, 0) is 0 Å². The lowest BCUT2D eigenvalue weighted by atomic mass is 10.0. The Bertz CT molecular complexity index is 1060. The highest BCUT2D eigenvalue weighted by Crippen LogP contribution is 2.22. The van der Waals surface area contributed by atoms with E-state index in [1.165, 1.54) is 4.80 Å². The maximum atomic E-state index is 13.3. The van der Waals surface area contributed by atoms with Gasteiger partial charge in [0.05, 0.1) is 41.8 Å². The number of aryl methyl sites for hydroxylation is 1. The molecule has 3 aromatic rings. The minimum absolute atomic E-state index is 0.0793. The molecule has 1 aliphatic heterocycles. The van der Waals surface area contributed by atoms with E-state index in [0.29, 0.717) is 35.8 Å². The first-order valence-corrected chi connectivity index (χ1v) is 9.43. The molecule has 0 aliphatic carbocycles. The summed E-state index contributed by atoms with van der Waals surface area (Å²) in [6.07, 6.45) is 6.20.